The first-order valence-corrected chi connectivity index (χ1v) is 12.9. The zero-order chi connectivity index (χ0) is 23.4. The molecular weight excluding hydrogens is 465 g/mol. The number of anilines is 1. The number of halogens is 1. The molecular formula is C23H24FN3O4S2. The van der Waals surface area contributed by atoms with E-state index in [2.05, 4.69) is 10.3 Å². The van der Waals surface area contributed by atoms with E-state index in [1.54, 1.807) is 17.5 Å². The highest BCUT2D eigenvalue weighted by Crippen LogP contribution is 2.30. The van der Waals surface area contributed by atoms with E-state index in [1.807, 2.05) is 0 Å². The molecule has 174 valence electrons. The number of nitrogens with zero attached hydrogens (tertiary/aromatic N) is 2. The van der Waals surface area contributed by atoms with Gasteiger partial charge in [-0.25, -0.2) is 17.8 Å². The van der Waals surface area contributed by atoms with Crippen LogP contribution in [0, 0.1) is 5.82 Å². The van der Waals surface area contributed by atoms with Crippen molar-refractivity contribution in [2.45, 2.75) is 30.6 Å². The van der Waals surface area contributed by atoms with Gasteiger partial charge in [-0.15, -0.1) is 11.3 Å². The molecule has 1 aromatic heterocycles. The second-order valence-corrected chi connectivity index (χ2v) is 10.4. The number of carbonyl (C=O) groups is 1. The fraction of sp³-hybridized carbons (Fsp3) is 0.304. The summed E-state index contributed by atoms with van der Waals surface area (Å²) in [5, 5.41) is 4.82. The number of hydrogen-bond donors (Lipinski definition) is 1. The fourth-order valence-corrected chi connectivity index (χ4v) is 6.11. The van der Waals surface area contributed by atoms with Crippen molar-refractivity contribution in [1.29, 1.82) is 0 Å². The lowest BCUT2D eigenvalue weighted by atomic mass is 10.2. The number of benzene rings is 2. The largest absolute Gasteiger partial charge is 0.495 e. The highest BCUT2D eigenvalue weighted by molar-refractivity contribution is 7.89. The average molecular weight is 490 g/mol. The lowest BCUT2D eigenvalue weighted by Crippen LogP contribution is -2.32. The highest BCUT2D eigenvalue weighted by atomic mass is 32.2. The predicted octanol–water partition coefficient (Wildman–Crippen LogP) is 4.77. The molecule has 1 N–H and O–H groups in total. The van der Waals surface area contributed by atoms with Crippen LogP contribution in [0.15, 0.2) is 52.7 Å². The zero-order valence-corrected chi connectivity index (χ0v) is 19.7. The van der Waals surface area contributed by atoms with Gasteiger partial charge >= 0.3 is 0 Å². The minimum Gasteiger partial charge on any atom is -0.495 e. The number of sulfonamides is 1. The summed E-state index contributed by atoms with van der Waals surface area (Å²) in [6, 6.07) is 10.3. The minimum absolute atomic E-state index is 0.0225. The Bertz CT molecular complexity index is 1230. The Morgan fingerprint density at radius 2 is 1.79 bits per heavy atom. The van der Waals surface area contributed by atoms with E-state index in [0.29, 0.717) is 23.9 Å². The summed E-state index contributed by atoms with van der Waals surface area (Å²) >= 11 is 1.23. The summed E-state index contributed by atoms with van der Waals surface area (Å²) in [5.74, 6) is -0.624. The van der Waals surface area contributed by atoms with Crippen LogP contribution in [0.4, 0.5) is 9.52 Å². The Kier molecular flexibility index (Phi) is 7.06. The molecule has 4 rings (SSSR count). The van der Waals surface area contributed by atoms with Gasteiger partial charge in [0.05, 0.1) is 12.8 Å². The van der Waals surface area contributed by atoms with Crippen molar-refractivity contribution in [3.63, 3.8) is 0 Å². The normalized spacial score (nSPS) is 15.1. The van der Waals surface area contributed by atoms with Crippen LogP contribution in [0.1, 0.15) is 36.0 Å². The summed E-state index contributed by atoms with van der Waals surface area (Å²) in [7, 11) is -2.40. The van der Waals surface area contributed by atoms with E-state index in [1.165, 1.54) is 53.1 Å². The lowest BCUT2D eigenvalue weighted by Gasteiger charge is -2.21. The second kappa shape index (κ2) is 9.98. The van der Waals surface area contributed by atoms with Crippen LogP contribution in [0.2, 0.25) is 0 Å². The van der Waals surface area contributed by atoms with Gasteiger partial charge in [0.25, 0.3) is 5.91 Å². The molecule has 1 amide bonds. The summed E-state index contributed by atoms with van der Waals surface area (Å²) < 4.78 is 46.5. The lowest BCUT2D eigenvalue weighted by molar-refractivity contribution is 0.102. The average Bonchev–Trinajstić information content (AvgIpc) is 3.10. The maximum Gasteiger partial charge on any atom is 0.257 e. The fourth-order valence-electron chi connectivity index (χ4n) is 3.69. The smallest absolute Gasteiger partial charge is 0.257 e. The van der Waals surface area contributed by atoms with E-state index < -0.39 is 15.9 Å². The standard InChI is InChI=1S/C23H24FN3O4S2/c1-31-20-11-8-17(14-21(20)33(29,30)27-12-4-2-3-5-13-27)22(28)26-23-25-19(15-32-23)16-6-9-18(24)10-7-16/h6-11,14-15H,2-5,12-13H2,1H3,(H,25,26,28). The van der Waals surface area contributed by atoms with Gasteiger partial charge in [-0.1, -0.05) is 12.8 Å². The summed E-state index contributed by atoms with van der Waals surface area (Å²) in [6.07, 6.45) is 3.61. The van der Waals surface area contributed by atoms with Gasteiger partial charge in [0.1, 0.15) is 16.5 Å². The molecule has 1 saturated heterocycles. The molecule has 1 aliphatic rings. The van der Waals surface area contributed by atoms with Crippen LogP contribution in [0.25, 0.3) is 11.3 Å². The number of hydrogen-bond acceptors (Lipinski definition) is 6. The SMILES string of the molecule is COc1ccc(C(=O)Nc2nc(-c3ccc(F)cc3)cs2)cc1S(=O)(=O)N1CCCCCC1. The quantitative estimate of drug-likeness (QED) is 0.539. The Balaban J connectivity index is 1.57. The van der Waals surface area contributed by atoms with Crippen molar-refractivity contribution < 1.29 is 22.3 Å². The molecule has 33 heavy (non-hydrogen) atoms. The van der Waals surface area contributed by atoms with Crippen molar-refractivity contribution in [2.24, 2.45) is 0 Å². The molecule has 0 radical (unpaired) electrons. The van der Waals surface area contributed by atoms with Crippen molar-refractivity contribution in [1.82, 2.24) is 9.29 Å². The molecule has 0 unspecified atom stereocenters. The molecule has 7 nitrogen and oxygen atoms in total. The van der Waals surface area contributed by atoms with E-state index in [4.69, 9.17) is 4.74 Å². The second-order valence-electron chi connectivity index (χ2n) is 7.68. The third-order valence-corrected chi connectivity index (χ3v) is 8.15. The molecule has 0 atom stereocenters. The summed E-state index contributed by atoms with van der Waals surface area (Å²) in [4.78, 5) is 17.2. The maximum atomic E-state index is 13.3. The number of nitrogens with one attached hydrogen (secondary N) is 1. The highest BCUT2D eigenvalue weighted by Gasteiger charge is 2.29. The van der Waals surface area contributed by atoms with Gasteiger partial charge in [0.2, 0.25) is 10.0 Å². The minimum atomic E-state index is -3.81. The van der Waals surface area contributed by atoms with Gasteiger partial charge in [0.15, 0.2) is 5.13 Å². The molecule has 2 heterocycles. The van der Waals surface area contributed by atoms with E-state index in [0.717, 1.165) is 31.2 Å². The first-order chi connectivity index (χ1) is 15.9. The molecule has 0 bridgehead atoms. The van der Waals surface area contributed by atoms with Crippen LogP contribution in [0.3, 0.4) is 0 Å². The third kappa shape index (κ3) is 5.23. The Morgan fingerprint density at radius 1 is 1.09 bits per heavy atom. The van der Waals surface area contributed by atoms with Gasteiger partial charge in [-0.2, -0.15) is 4.31 Å². The number of thiazole rings is 1. The predicted molar refractivity (Wildman–Crippen MR) is 126 cm³/mol. The van der Waals surface area contributed by atoms with Gasteiger partial charge in [0, 0.05) is 29.6 Å². The maximum absolute atomic E-state index is 13.3. The van der Waals surface area contributed by atoms with Crippen molar-refractivity contribution in [3.05, 3.63) is 59.2 Å². The molecule has 0 saturated carbocycles. The van der Waals surface area contributed by atoms with E-state index in [9.17, 15) is 17.6 Å². The van der Waals surface area contributed by atoms with Gasteiger partial charge in [-0.3, -0.25) is 10.1 Å². The first-order valence-electron chi connectivity index (χ1n) is 10.6. The number of ether oxygens (including phenoxy) is 1. The Labute approximate surface area is 196 Å². The zero-order valence-electron chi connectivity index (χ0n) is 18.1. The number of carbonyl (C=O) groups excluding carboxylic acids is 1. The molecule has 1 fully saturated rings. The molecule has 0 aliphatic carbocycles. The molecule has 2 aromatic carbocycles. The monoisotopic (exact) mass is 489 g/mol. The molecule has 3 aromatic rings. The summed E-state index contributed by atoms with van der Waals surface area (Å²) in [6.45, 7) is 0.903. The van der Waals surface area contributed by atoms with Crippen LogP contribution in [-0.4, -0.2) is 43.8 Å². The van der Waals surface area contributed by atoms with Crippen LogP contribution in [-0.2, 0) is 10.0 Å². The molecule has 10 heteroatoms. The van der Waals surface area contributed by atoms with Gasteiger partial charge < -0.3 is 4.74 Å². The van der Waals surface area contributed by atoms with Crippen molar-refractivity contribution in [2.75, 3.05) is 25.5 Å². The van der Waals surface area contributed by atoms with Crippen LogP contribution < -0.4 is 10.1 Å². The first kappa shape index (κ1) is 23.3. The Hall–Kier alpha value is -2.82. The Morgan fingerprint density at radius 3 is 2.45 bits per heavy atom. The topological polar surface area (TPSA) is 88.6 Å². The van der Waals surface area contributed by atoms with E-state index >= 15 is 0 Å². The van der Waals surface area contributed by atoms with Gasteiger partial charge in [-0.05, 0) is 55.3 Å². The molecule has 1 aliphatic heterocycles. The number of rotatable bonds is 6. The van der Waals surface area contributed by atoms with Crippen LogP contribution in [0.5, 0.6) is 5.75 Å². The number of methoxy groups -OCH3 is 1. The van der Waals surface area contributed by atoms with Crippen molar-refractivity contribution >= 4 is 32.4 Å². The number of aromatic nitrogens is 1. The molecule has 0 spiro atoms. The third-order valence-electron chi connectivity index (χ3n) is 5.47. The van der Waals surface area contributed by atoms with Crippen molar-refractivity contribution in [3.8, 4) is 17.0 Å². The summed E-state index contributed by atoms with van der Waals surface area (Å²) in [5.41, 5.74) is 1.51. The number of amides is 1. The van der Waals surface area contributed by atoms with E-state index in [-0.39, 0.29) is 22.0 Å². The van der Waals surface area contributed by atoms with Crippen LogP contribution >= 0.6 is 11.3 Å².